The molecule has 0 rings (SSSR count). The van der Waals surface area contributed by atoms with E-state index in [1.165, 1.54) is 6.26 Å². The van der Waals surface area contributed by atoms with Crippen LogP contribution in [0.2, 0.25) is 0 Å². The van der Waals surface area contributed by atoms with Crippen LogP contribution in [0.3, 0.4) is 0 Å². The molecule has 0 bridgehead atoms. The van der Waals surface area contributed by atoms with Crippen molar-refractivity contribution < 1.29 is 3.82 Å². The average Bonchev–Trinajstić information content (AvgIpc) is 1.37. The van der Waals surface area contributed by atoms with Gasteiger partial charge in [-0.25, -0.2) is 0 Å². The average molecular weight is 121 g/mol. The van der Waals surface area contributed by atoms with Gasteiger partial charge in [-0.3, -0.25) is 0 Å². The van der Waals surface area contributed by atoms with E-state index in [0.29, 0.717) is 0 Å². The molecule has 1 radical (unpaired) electrons. The van der Waals surface area contributed by atoms with Crippen LogP contribution in [0.25, 0.3) is 0 Å². The molecule has 0 saturated heterocycles. The minimum absolute atomic E-state index is 1.38. The predicted octanol–water partition coefficient (Wildman–Crippen LogP) is -0.432. The quantitative estimate of drug-likeness (QED) is 0.321. The zero-order valence-corrected chi connectivity index (χ0v) is 3.48. The summed E-state index contributed by atoms with van der Waals surface area (Å²) in [6.45, 7) is 0. The van der Waals surface area contributed by atoms with Crippen LogP contribution in [-0.4, -0.2) is 16.3 Å². The van der Waals surface area contributed by atoms with E-state index in [-0.39, 0.29) is 0 Å². The Labute approximate surface area is 32.5 Å². The fraction of sp³-hybridized carbons (Fsp3) is 0. The van der Waals surface area contributed by atoms with Crippen molar-refractivity contribution in [2.45, 2.75) is 0 Å². The summed E-state index contributed by atoms with van der Waals surface area (Å²) < 4.78 is 3.72. The van der Waals surface area contributed by atoms with Gasteiger partial charge in [0, 0.05) is 0 Å². The molecule has 0 aromatic rings. The Morgan fingerprint density at radius 3 is 2.25 bits per heavy atom. The Bertz CT molecular complexity index is 37.8. The van der Waals surface area contributed by atoms with E-state index in [9.17, 15) is 0 Å². The molecule has 0 aromatic heterocycles. The van der Waals surface area contributed by atoms with Gasteiger partial charge in [0.2, 0.25) is 0 Å². The van der Waals surface area contributed by atoms with E-state index in [2.05, 4.69) is 3.82 Å². The van der Waals surface area contributed by atoms with Gasteiger partial charge in [0.05, 0.1) is 0 Å². The standard InChI is InChI=1S/CNOSe/c2-1-3-4. The van der Waals surface area contributed by atoms with E-state index in [4.69, 9.17) is 5.26 Å². The van der Waals surface area contributed by atoms with Crippen molar-refractivity contribution in [3.8, 4) is 6.26 Å². The molecule has 0 heterocycles. The number of nitriles is 1. The van der Waals surface area contributed by atoms with Crippen LogP contribution in [-0.2, 0) is 3.82 Å². The van der Waals surface area contributed by atoms with Crippen LogP contribution in [0.5, 0.6) is 0 Å². The summed E-state index contributed by atoms with van der Waals surface area (Å²) in [6, 6.07) is 0. The van der Waals surface area contributed by atoms with E-state index in [1.54, 1.807) is 0 Å². The minimum atomic E-state index is 1.38. The number of hydrogen-bond acceptors (Lipinski definition) is 2. The topological polar surface area (TPSA) is 33.0 Å². The molecule has 0 fully saturated rings. The third-order valence-corrected chi connectivity index (χ3v) is 0.194. The van der Waals surface area contributed by atoms with Crippen molar-refractivity contribution in [1.29, 1.82) is 5.26 Å². The Kier molecular flexibility index (Phi) is 2.68. The van der Waals surface area contributed by atoms with Gasteiger partial charge in [-0.1, -0.05) is 0 Å². The molecule has 3 heteroatoms. The Hall–Kier alpha value is -0.191. The van der Waals surface area contributed by atoms with E-state index in [0.717, 1.165) is 0 Å². The number of nitrogens with zero attached hydrogens (tertiary/aromatic N) is 1. The van der Waals surface area contributed by atoms with E-state index < -0.39 is 0 Å². The van der Waals surface area contributed by atoms with Gasteiger partial charge < -0.3 is 0 Å². The van der Waals surface area contributed by atoms with Gasteiger partial charge in [0.25, 0.3) is 0 Å². The normalized spacial score (nSPS) is 4.00. The van der Waals surface area contributed by atoms with Crippen LogP contribution in [0.15, 0.2) is 0 Å². The molecule has 0 aliphatic rings. The fourth-order valence-corrected chi connectivity index (χ4v) is 0. The first kappa shape index (κ1) is 3.81. The molecule has 0 aliphatic heterocycles. The van der Waals surface area contributed by atoms with E-state index in [1.807, 2.05) is 16.3 Å². The summed E-state index contributed by atoms with van der Waals surface area (Å²) in [5.41, 5.74) is 0. The second-order valence-corrected chi connectivity index (χ2v) is 0.524. The first-order valence-electron chi connectivity index (χ1n) is 0.594. The molecule has 2 nitrogen and oxygen atoms in total. The molecule has 0 spiro atoms. The first-order chi connectivity index (χ1) is 1.91. The number of rotatable bonds is 0. The van der Waals surface area contributed by atoms with Crippen LogP contribution in [0.4, 0.5) is 0 Å². The zero-order chi connectivity index (χ0) is 3.41. The summed E-state index contributed by atoms with van der Waals surface area (Å²) in [6.07, 6.45) is 1.38. The molecule has 0 saturated carbocycles. The molecular formula is CNOSe. The molecule has 0 amide bonds. The van der Waals surface area contributed by atoms with Crippen molar-refractivity contribution in [3.63, 3.8) is 0 Å². The Morgan fingerprint density at radius 2 is 2.25 bits per heavy atom. The summed E-state index contributed by atoms with van der Waals surface area (Å²) >= 11 is 2.03. The zero-order valence-electron chi connectivity index (χ0n) is 1.76. The van der Waals surface area contributed by atoms with E-state index >= 15 is 0 Å². The molecule has 4 heavy (non-hydrogen) atoms. The molecule has 0 aliphatic carbocycles. The molecule has 0 N–H and O–H groups in total. The molecule has 21 valence electrons. The van der Waals surface area contributed by atoms with Gasteiger partial charge in [-0.05, 0) is 0 Å². The Morgan fingerprint density at radius 1 is 2.00 bits per heavy atom. The van der Waals surface area contributed by atoms with Crippen molar-refractivity contribution in [2.24, 2.45) is 0 Å². The van der Waals surface area contributed by atoms with Crippen molar-refractivity contribution >= 4 is 16.3 Å². The monoisotopic (exact) mass is 122 g/mol. The summed E-state index contributed by atoms with van der Waals surface area (Å²) in [4.78, 5) is 0. The SMILES string of the molecule is N#CO[Se]. The molecule has 0 aromatic carbocycles. The van der Waals surface area contributed by atoms with Crippen molar-refractivity contribution in [1.82, 2.24) is 0 Å². The second kappa shape index (κ2) is 2.81. The number of hydrogen-bond donors (Lipinski definition) is 0. The maximum atomic E-state index is 7.37. The first-order valence-corrected chi connectivity index (χ1v) is 1.29. The summed E-state index contributed by atoms with van der Waals surface area (Å²) in [5.74, 6) is 0. The Balaban J connectivity index is 2.43. The van der Waals surface area contributed by atoms with Gasteiger partial charge >= 0.3 is 31.7 Å². The van der Waals surface area contributed by atoms with Crippen molar-refractivity contribution in [2.75, 3.05) is 0 Å². The third-order valence-electron chi connectivity index (χ3n) is 0.0373. The van der Waals surface area contributed by atoms with Gasteiger partial charge in [0.1, 0.15) is 0 Å². The molecule has 0 atom stereocenters. The van der Waals surface area contributed by atoms with Crippen molar-refractivity contribution in [3.05, 3.63) is 0 Å². The van der Waals surface area contributed by atoms with Gasteiger partial charge in [-0.15, -0.1) is 0 Å². The van der Waals surface area contributed by atoms with Gasteiger partial charge in [0.15, 0.2) is 0 Å². The maximum absolute atomic E-state index is 7.37. The molecular weight excluding hydrogens is 121 g/mol. The predicted molar refractivity (Wildman–Crippen MR) is 12.5 cm³/mol. The summed E-state index contributed by atoms with van der Waals surface area (Å²) in [5, 5.41) is 7.37. The van der Waals surface area contributed by atoms with Crippen LogP contribution >= 0.6 is 0 Å². The van der Waals surface area contributed by atoms with Crippen LogP contribution < -0.4 is 0 Å². The molecule has 0 unspecified atom stereocenters. The second-order valence-electron chi connectivity index (χ2n) is 0.175. The fourth-order valence-electron chi connectivity index (χ4n) is 0. The van der Waals surface area contributed by atoms with Crippen LogP contribution in [0, 0.1) is 11.5 Å². The summed E-state index contributed by atoms with van der Waals surface area (Å²) in [7, 11) is 0. The third kappa shape index (κ3) is 1.81. The van der Waals surface area contributed by atoms with Crippen LogP contribution in [0.1, 0.15) is 0 Å². The van der Waals surface area contributed by atoms with Gasteiger partial charge in [-0.2, -0.15) is 0 Å².